The SMILES string of the molecule is Cc1ccncc1C1C(N)=NC(=O)N1Cc1ccccc1. The largest absolute Gasteiger partial charge is 0.385 e. The van der Waals surface area contributed by atoms with Gasteiger partial charge in [-0.1, -0.05) is 30.3 Å². The Labute approximate surface area is 123 Å². The number of pyridine rings is 1. The highest BCUT2D eigenvalue weighted by atomic mass is 16.2. The average Bonchev–Trinajstić information content (AvgIpc) is 2.75. The second kappa shape index (κ2) is 5.36. The molecule has 0 radical (unpaired) electrons. The lowest BCUT2D eigenvalue weighted by Crippen LogP contribution is -2.33. The number of carbonyl (C=O) groups is 1. The molecule has 0 saturated carbocycles. The number of amides is 2. The molecule has 1 atom stereocenters. The van der Waals surface area contributed by atoms with E-state index in [1.54, 1.807) is 17.3 Å². The van der Waals surface area contributed by atoms with Gasteiger partial charge in [-0.3, -0.25) is 4.98 Å². The third kappa shape index (κ3) is 2.50. The molecule has 0 bridgehead atoms. The summed E-state index contributed by atoms with van der Waals surface area (Å²) in [5.74, 6) is 0.326. The Morgan fingerprint density at radius 3 is 2.71 bits per heavy atom. The van der Waals surface area contributed by atoms with E-state index in [-0.39, 0.29) is 12.1 Å². The van der Waals surface area contributed by atoms with Crippen molar-refractivity contribution in [3.05, 3.63) is 65.5 Å². The molecular formula is C16H16N4O. The maximum atomic E-state index is 12.1. The molecule has 0 saturated heterocycles. The van der Waals surface area contributed by atoms with Gasteiger partial charge in [-0.2, -0.15) is 4.99 Å². The summed E-state index contributed by atoms with van der Waals surface area (Å²) in [6.45, 7) is 2.46. The Bertz CT molecular complexity index is 696. The van der Waals surface area contributed by atoms with Crippen LogP contribution in [0.2, 0.25) is 0 Å². The van der Waals surface area contributed by atoms with Crippen LogP contribution in [0.25, 0.3) is 0 Å². The molecule has 0 spiro atoms. The van der Waals surface area contributed by atoms with Gasteiger partial charge in [0.15, 0.2) is 0 Å². The number of urea groups is 1. The van der Waals surface area contributed by atoms with Crippen molar-refractivity contribution >= 4 is 11.9 Å². The number of rotatable bonds is 3. The molecule has 1 aromatic heterocycles. The van der Waals surface area contributed by atoms with Gasteiger partial charge in [-0.25, -0.2) is 4.79 Å². The number of nitrogens with two attached hydrogens (primary N) is 1. The molecule has 5 nitrogen and oxygen atoms in total. The molecule has 106 valence electrons. The highest BCUT2D eigenvalue weighted by Gasteiger charge is 2.35. The number of aromatic nitrogens is 1. The molecule has 0 fully saturated rings. The highest BCUT2D eigenvalue weighted by molar-refractivity contribution is 6.03. The average molecular weight is 280 g/mol. The third-order valence-corrected chi connectivity index (χ3v) is 3.63. The van der Waals surface area contributed by atoms with E-state index in [4.69, 9.17) is 5.73 Å². The minimum Gasteiger partial charge on any atom is -0.385 e. The van der Waals surface area contributed by atoms with Gasteiger partial charge in [-0.05, 0) is 24.1 Å². The first-order valence-electron chi connectivity index (χ1n) is 6.76. The molecule has 1 aliphatic rings. The quantitative estimate of drug-likeness (QED) is 0.938. The van der Waals surface area contributed by atoms with Crippen LogP contribution in [0.5, 0.6) is 0 Å². The maximum Gasteiger partial charge on any atom is 0.346 e. The van der Waals surface area contributed by atoms with E-state index in [1.807, 2.05) is 43.3 Å². The zero-order chi connectivity index (χ0) is 14.8. The molecule has 3 rings (SSSR count). The standard InChI is InChI=1S/C16H16N4O/c1-11-7-8-18-9-13(11)14-15(17)19-16(21)20(14)10-12-5-3-2-4-6-12/h2-9,14H,10H2,1H3,(H2,17,19,21). The zero-order valence-electron chi connectivity index (χ0n) is 11.7. The molecule has 1 unspecified atom stereocenters. The summed E-state index contributed by atoms with van der Waals surface area (Å²) in [5.41, 5.74) is 8.98. The van der Waals surface area contributed by atoms with Crippen molar-refractivity contribution in [3.8, 4) is 0 Å². The molecule has 1 aliphatic heterocycles. The first-order valence-corrected chi connectivity index (χ1v) is 6.76. The van der Waals surface area contributed by atoms with Crippen LogP contribution < -0.4 is 5.73 Å². The minimum absolute atomic E-state index is 0.301. The number of aliphatic imine (C=N–C) groups is 1. The van der Waals surface area contributed by atoms with Crippen molar-refractivity contribution in [1.82, 2.24) is 9.88 Å². The fraction of sp³-hybridized carbons (Fsp3) is 0.188. The fourth-order valence-electron chi connectivity index (χ4n) is 2.53. The van der Waals surface area contributed by atoms with Gasteiger partial charge >= 0.3 is 6.03 Å². The Kier molecular flexibility index (Phi) is 3.39. The summed E-state index contributed by atoms with van der Waals surface area (Å²) in [6.07, 6.45) is 3.48. The van der Waals surface area contributed by atoms with Gasteiger partial charge in [0.25, 0.3) is 0 Å². The molecule has 1 aromatic carbocycles. The summed E-state index contributed by atoms with van der Waals surface area (Å²) < 4.78 is 0. The molecular weight excluding hydrogens is 264 g/mol. The maximum absolute atomic E-state index is 12.1. The second-order valence-corrected chi connectivity index (χ2v) is 5.07. The van der Waals surface area contributed by atoms with Crippen molar-refractivity contribution in [2.45, 2.75) is 19.5 Å². The fourth-order valence-corrected chi connectivity index (χ4v) is 2.53. The smallest absolute Gasteiger partial charge is 0.346 e. The van der Waals surface area contributed by atoms with Crippen molar-refractivity contribution < 1.29 is 4.79 Å². The number of hydrogen-bond donors (Lipinski definition) is 1. The number of benzene rings is 1. The van der Waals surface area contributed by atoms with E-state index in [0.717, 1.165) is 16.7 Å². The topological polar surface area (TPSA) is 71.6 Å². The number of hydrogen-bond acceptors (Lipinski definition) is 3. The summed E-state index contributed by atoms with van der Waals surface area (Å²) >= 11 is 0. The lowest BCUT2D eigenvalue weighted by atomic mass is 10.0. The van der Waals surface area contributed by atoms with Gasteiger partial charge in [0.2, 0.25) is 0 Å². The van der Waals surface area contributed by atoms with E-state index < -0.39 is 0 Å². The molecule has 2 aromatic rings. The Morgan fingerprint density at radius 1 is 1.24 bits per heavy atom. The Balaban J connectivity index is 1.95. The summed E-state index contributed by atoms with van der Waals surface area (Å²) in [6, 6.07) is 11.1. The van der Waals surface area contributed by atoms with Crippen LogP contribution in [0.3, 0.4) is 0 Å². The van der Waals surface area contributed by atoms with E-state index in [9.17, 15) is 4.79 Å². The highest BCUT2D eigenvalue weighted by Crippen LogP contribution is 2.29. The van der Waals surface area contributed by atoms with Crippen LogP contribution in [0.15, 0.2) is 53.8 Å². The van der Waals surface area contributed by atoms with Crippen LogP contribution in [0.4, 0.5) is 4.79 Å². The first kappa shape index (κ1) is 13.3. The number of amidine groups is 1. The van der Waals surface area contributed by atoms with Crippen LogP contribution in [-0.2, 0) is 6.54 Å². The summed E-state index contributed by atoms with van der Waals surface area (Å²) in [4.78, 5) is 21.9. The second-order valence-electron chi connectivity index (χ2n) is 5.07. The van der Waals surface area contributed by atoms with Crippen LogP contribution in [0, 0.1) is 6.92 Å². The van der Waals surface area contributed by atoms with Crippen LogP contribution in [-0.4, -0.2) is 21.8 Å². The van der Waals surface area contributed by atoms with Crippen molar-refractivity contribution in [2.75, 3.05) is 0 Å². The summed E-state index contributed by atoms with van der Waals surface area (Å²) in [5, 5.41) is 0. The molecule has 2 heterocycles. The van der Waals surface area contributed by atoms with Gasteiger partial charge in [-0.15, -0.1) is 0 Å². The summed E-state index contributed by atoms with van der Waals surface area (Å²) in [7, 11) is 0. The van der Waals surface area contributed by atoms with Gasteiger partial charge < -0.3 is 10.6 Å². The van der Waals surface area contributed by atoms with E-state index >= 15 is 0 Å². The van der Waals surface area contributed by atoms with E-state index in [0.29, 0.717) is 12.4 Å². The van der Waals surface area contributed by atoms with Crippen molar-refractivity contribution in [2.24, 2.45) is 10.7 Å². The van der Waals surface area contributed by atoms with E-state index in [1.165, 1.54) is 0 Å². The zero-order valence-corrected chi connectivity index (χ0v) is 11.7. The predicted molar refractivity (Wildman–Crippen MR) is 80.7 cm³/mol. The first-order chi connectivity index (χ1) is 10.2. The molecule has 5 heteroatoms. The number of carbonyl (C=O) groups excluding carboxylic acids is 1. The van der Waals surface area contributed by atoms with Gasteiger partial charge in [0, 0.05) is 24.5 Å². The Hall–Kier alpha value is -2.69. The van der Waals surface area contributed by atoms with Gasteiger partial charge in [0.05, 0.1) is 0 Å². The Morgan fingerprint density at radius 2 is 2.00 bits per heavy atom. The van der Waals surface area contributed by atoms with Crippen LogP contribution in [0.1, 0.15) is 22.7 Å². The molecule has 0 aliphatic carbocycles. The minimum atomic E-state index is -0.341. The van der Waals surface area contributed by atoms with Crippen molar-refractivity contribution in [1.29, 1.82) is 0 Å². The van der Waals surface area contributed by atoms with E-state index in [2.05, 4.69) is 9.98 Å². The third-order valence-electron chi connectivity index (χ3n) is 3.63. The molecule has 2 N–H and O–H groups in total. The van der Waals surface area contributed by atoms with Crippen LogP contribution >= 0.6 is 0 Å². The molecule has 2 amide bonds. The lowest BCUT2D eigenvalue weighted by Gasteiger charge is -2.25. The number of aryl methyl sites for hydroxylation is 1. The van der Waals surface area contributed by atoms with Crippen molar-refractivity contribution in [3.63, 3.8) is 0 Å². The predicted octanol–water partition coefficient (Wildman–Crippen LogP) is 2.42. The normalized spacial score (nSPS) is 18.0. The monoisotopic (exact) mass is 280 g/mol. The lowest BCUT2D eigenvalue weighted by molar-refractivity contribution is 0.203. The molecule has 21 heavy (non-hydrogen) atoms. The number of nitrogens with zero attached hydrogens (tertiary/aromatic N) is 3. The van der Waals surface area contributed by atoms with Gasteiger partial charge in [0.1, 0.15) is 11.9 Å².